The zero-order valence-electron chi connectivity index (χ0n) is 20.9. The molecule has 0 spiro atoms. The van der Waals surface area contributed by atoms with E-state index >= 15 is 0 Å². The number of aliphatic hydroxyl groups excluding tert-OH is 1. The highest BCUT2D eigenvalue weighted by Gasteiger charge is 2.25. The van der Waals surface area contributed by atoms with Crippen molar-refractivity contribution >= 4 is 32.7 Å². The van der Waals surface area contributed by atoms with Gasteiger partial charge in [0.05, 0.1) is 28.1 Å². The third-order valence-electron chi connectivity index (χ3n) is 8.28. The molecule has 4 heterocycles. The number of piperazine rings is 1. The van der Waals surface area contributed by atoms with Gasteiger partial charge in [0.15, 0.2) is 0 Å². The van der Waals surface area contributed by atoms with Crippen LogP contribution in [0.15, 0.2) is 36.4 Å². The Bertz CT molecular complexity index is 1610. The molecular formula is C29H32N6O. The van der Waals surface area contributed by atoms with E-state index in [1.807, 2.05) is 6.92 Å². The van der Waals surface area contributed by atoms with E-state index in [1.54, 1.807) is 0 Å². The Morgan fingerprint density at radius 2 is 1.69 bits per heavy atom. The minimum atomic E-state index is -0.617. The lowest BCUT2D eigenvalue weighted by atomic mass is 9.85. The molecule has 0 bridgehead atoms. The Hall–Kier alpha value is -3.26. The summed E-state index contributed by atoms with van der Waals surface area (Å²) in [7, 11) is 2.14. The van der Waals surface area contributed by atoms with Crippen LogP contribution in [0, 0.1) is 6.92 Å². The van der Waals surface area contributed by atoms with Crippen LogP contribution in [0.2, 0.25) is 0 Å². The summed E-state index contributed by atoms with van der Waals surface area (Å²) in [6, 6.07) is 12.9. The molecule has 3 N–H and O–H groups in total. The van der Waals surface area contributed by atoms with Gasteiger partial charge in [-0.1, -0.05) is 6.07 Å². The van der Waals surface area contributed by atoms with Crippen molar-refractivity contribution in [3.8, 4) is 11.3 Å². The average molecular weight is 481 g/mol. The minimum Gasteiger partial charge on any atom is -0.373 e. The van der Waals surface area contributed by atoms with Crippen molar-refractivity contribution < 1.29 is 5.11 Å². The van der Waals surface area contributed by atoms with Crippen LogP contribution in [0.4, 0.5) is 0 Å². The summed E-state index contributed by atoms with van der Waals surface area (Å²) in [5.41, 5.74) is 10.1. The highest BCUT2D eigenvalue weighted by molar-refractivity contribution is 6.08. The fraction of sp³-hybridized carbons (Fsp3) is 0.379. The molecule has 0 saturated carbocycles. The number of H-pyrrole nitrogens is 2. The van der Waals surface area contributed by atoms with Crippen molar-refractivity contribution in [1.29, 1.82) is 0 Å². The molecule has 7 nitrogen and oxygen atoms in total. The molecule has 1 fully saturated rings. The fourth-order valence-corrected chi connectivity index (χ4v) is 6.19. The van der Waals surface area contributed by atoms with Crippen molar-refractivity contribution in [2.45, 2.75) is 38.8 Å². The molecule has 1 saturated heterocycles. The summed E-state index contributed by atoms with van der Waals surface area (Å²) in [5.74, 6) is 0. The summed E-state index contributed by atoms with van der Waals surface area (Å²) in [5, 5.41) is 22.3. The van der Waals surface area contributed by atoms with Gasteiger partial charge in [0.2, 0.25) is 0 Å². The van der Waals surface area contributed by atoms with Crippen LogP contribution in [0.25, 0.3) is 44.0 Å². The Kier molecular flexibility index (Phi) is 5.13. The number of aliphatic hydroxyl groups is 1. The molecule has 7 rings (SSSR count). The number of fused-ring (bicyclic) bond motifs is 6. The van der Waals surface area contributed by atoms with Crippen LogP contribution in [0.1, 0.15) is 41.6 Å². The zero-order valence-corrected chi connectivity index (χ0v) is 20.9. The van der Waals surface area contributed by atoms with Crippen molar-refractivity contribution in [2.24, 2.45) is 0 Å². The molecule has 2 aliphatic rings. The third-order valence-corrected chi connectivity index (χ3v) is 8.28. The van der Waals surface area contributed by atoms with Gasteiger partial charge in [-0.15, -0.1) is 0 Å². The molecule has 0 radical (unpaired) electrons. The van der Waals surface area contributed by atoms with Gasteiger partial charge in [-0.2, -0.15) is 5.10 Å². The van der Waals surface area contributed by atoms with Crippen LogP contribution in [-0.2, 0) is 12.8 Å². The molecule has 0 amide bonds. The summed E-state index contributed by atoms with van der Waals surface area (Å²) in [6.07, 6.45) is 3.89. The Balaban J connectivity index is 1.38. The van der Waals surface area contributed by atoms with Crippen LogP contribution < -0.4 is 0 Å². The summed E-state index contributed by atoms with van der Waals surface area (Å²) in [6.45, 7) is 5.74. The number of pyridine rings is 1. The molecule has 1 aliphatic carbocycles. The highest BCUT2D eigenvalue weighted by Crippen LogP contribution is 2.39. The monoisotopic (exact) mass is 480 g/mol. The lowest BCUT2D eigenvalue weighted by molar-refractivity contribution is -0.0254. The molecule has 184 valence electrons. The van der Waals surface area contributed by atoms with E-state index in [0.29, 0.717) is 0 Å². The zero-order chi connectivity index (χ0) is 24.4. The molecule has 36 heavy (non-hydrogen) atoms. The van der Waals surface area contributed by atoms with Gasteiger partial charge in [-0.05, 0) is 81.1 Å². The summed E-state index contributed by atoms with van der Waals surface area (Å²) in [4.78, 5) is 13.3. The van der Waals surface area contributed by atoms with Gasteiger partial charge in [-0.3, -0.25) is 10.00 Å². The summed E-state index contributed by atoms with van der Waals surface area (Å²) < 4.78 is 0. The smallest absolute Gasteiger partial charge is 0.148 e. The van der Waals surface area contributed by atoms with Gasteiger partial charge in [0.25, 0.3) is 0 Å². The molecule has 2 aromatic carbocycles. The molecule has 1 aliphatic heterocycles. The Morgan fingerprint density at radius 1 is 0.917 bits per heavy atom. The van der Waals surface area contributed by atoms with Gasteiger partial charge < -0.3 is 15.0 Å². The van der Waals surface area contributed by atoms with E-state index < -0.39 is 6.23 Å². The maximum Gasteiger partial charge on any atom is 0.148 e. The largest absolute Gasteiger partial charge is 0.373 e. The van der Waals surface area contributed by atoms with Crippen LogP contribution >= 0.6 is 0 Å². The first-order valence-corrected chi connectivity index (χ1v) is 13.1. The number of nitrogens with zero attached hydrogens (tertiary/aromatic N) is 4. The first-order valence-electron chi connectivity index (χ1n) is 13.1. The average Bonchev–Trinajstić information content (AvgIpc) is 3.51. The lowest BCUT2D eigenvalue weighted by Crippen LogP contribution is -2.46. The second-order valence-corrected chi connectivity index (χ2v) is 10.6. The predicted octanol–water partition coefficient (Wildman–Crippen LogP) is 4.68. The Labute approximate surface area is 210 Å². The maximum absolute atomic E-state index is 11.2. The maximum atomic E-state index is 11.2. The van der Waals surface area contributed by atoms with E-state index in [0.717, 1.165) is 83.6 Å². The standard InChI is InChI=1S/C29H32N6O/c1-17-21-15-18(7-8-24(21)33-32-17)28-20-6-4-3-5-19(20)27-22-16-26(30-23(22)9-10-25(27)31-28)29(36)35-13-11-34(2)12-14-35/h7-10,15-16,29-30,36H,3-6,11-14H2,1-2H3,(H,32,33). The van der Waals surface area contributed by atoms with Crippen molar-refractivity contribution in [3.63, 3.8) is 0 Å². The van der Waals surface area contributed by atoms with Crippen molar-refractivity contribution in [1.82, 2.24) is 30.0 Å². The van der Waals surface area contributed by atoms with E-state index in [-0.39, 0.29) is 0 Å². The Morgan fingerprint density at radius 3 is 2.53 bits per heavy atom. The summed E-state index contributed by atoms with van der Waals surface area (Å²) >= 11 is 0. The van der Waals surface area contributed by atoms with Crippen molar-refractivity contribution in [3.05, 3.63) is 58.9 Å². The first kappa shape index (κ1) is 22.0. The van der Waals surface area contributed by atoms with E-state index in [1.165, 1.54) is 34.7 Å². The molecule has 5 aromatic rings. The van der Waals surface area contributed by atoms with Crippen molar-refractivity contribution in [2.75, 3.05) is 33.2 Å². The number of aromatic amines is 2. The number of benzene rings is 2. The van der Waals surface area contributed by atoms with Crippen LogP contribution in [0.5, 0.6) is 0 Å². The van der Waals surface area contributed by atoms with Gasteiger partial charge in [0, 0.05) is 53.4 Å². The second kappa shape index (κ2) is 8.40. The number of likely N-dealkylation sites (N-methyl/N-ethyl adjacent to an activating group) is 1. The number of aryl methyl sites for hydroxylation is 2. The number of hydrogen-bond acceptors (Lipinski definition) is 5. The SMILES string of the molecule is Cc1n[nH]c2ccc(-c3nc4ccc5[nH]c(C(O)N6CCN(C)CC6)cc5c4c4c3CCCC4)cc12. The molecule has 3 aromatic heterocycles. The minimum absolute atomic E-state index is 0.617. The van der Waals surface area contributed by atoms with Gasteiger partial charge >= 0.3 is 0 Å². The first-order chi connectivity index (χ1) is 17.6. The third kappa shape index (κ3) is 3.45. The highest BCUT2D eigenvalue weighted by atomic mass is 16.3. The molecular weight excluding hydrogens is 448 g/mol. The molecule has 1 atom stereocenters. The van der Waals surface area contributed by atoms with E-state index in [4.69, 9.17) is 4.98 Å². The number of nitrogens with one attached hydrogen (secondary N) is 2. The van der Waals surface area contributed by atoms with Gasteiger partial charge in [-0.25, -0.2) is 4.98 Å². The number of aromatic nitrogens is 4. The van der Waals surface area contributed by atoms with E-state index in [9.17, 15) is 5.11 Å². The second-order valence-electron chi connectivity index (χ2n) is 10.6. The van der Waals surface area contributed by atoms with E-state index in [2.05, 4.69) is 68.4 Å². The number of hydrogen-bond donors (Lipinski definition) is 3. The predicted molar refractivity (Wildman–Crippen MR) is 144 cm³/mol. The quantitative estimate of drug-likeness (QED) is 0.349. The normalized spacial score (nSPS) is 18.3. The molecule has 1 unspecified atom stereocenters. The fourth-order valence-electron chi connectivity index (χ4n) is 6.19. The topological polar surface area (TPSA) is 84.1 Å². The van der Waals surface area contributed by atoms with Crippen LogP contribution in [-0.4, -0.2) is 68.3 Å². The van der Waals surface area contributed by atoms with Gasteiger partial charge in [0.1, 0.15) is 6.23 Å². The number of rotatable bonds is 3. The lowest BCUT2D eigenvalue weighted by Gasteiger charge is -2.35. The molecule has 7 heteroatoms. The van der Waals surface area contributed by atoms with Crippen LogP contribution in [0.3, 0.4) is 0 Å².